The van der Waals surface area contributed by atoms with Crippen molar-refractivity contribution >= 4 is 0 Å². The maximum absolute atomic E-state index is 11.2. The van der Waals surface area contributed by atoms with Gasteiger partial charge in [-0.1, -0.05) is 86.3 Å². The first-order valence-corrected chi connectivity index (χ1v) is 8.72. The maximum Gasteiger partial charge on any atom is 0.0935 e. The summed E-state index contributed by atoms with van der Waals surface area (Å²) in [6, 6.07) is 20.4. The zero-order valence-corrected chi connectivity index (χ0v) is 13.6. The van der Waals surface area contributed by atoms with E-state index in [0.29, 0.717) is 6.42 Å². The van der Waals surface area contributed by atoms with E-state index < -0.39 is 17.6 Å². The molecule has 0 aromatic heterocycles. The van der Waals surface area contributed by atoms with Crippen LogP contribution in [-0.4, -0.2) is 22.4 Å². The lowest BCUT2D eigenvalue weighted by Gasteiger charge is -2.41. The molecule has 1 aliphatic rings. The first kappa shape index (κ1) is 16.2. The van der Waals surface area contributed by atoms with Crippen molar-refractivity contribution in [2.45, 2.75) is 56.1 Å². The van der Waals surface area contributed by atoms with Crippen molar-refractivity contribution in [3.63, 3.8) is 0 Å². The topological polar surface area (TPSA) is 40.5 Å². The Hall–Kier alpha value is -1.64. The molecule has 2 N–H and O–H groups in total. The van der Waals surface area contributed by atoms with Crippen molar-refractivity contribution in [3.05, 3.63) is 71.8 Å². The molecule has 0 spiro atoms. The van der Waals surface area contributed by atoms with E-state index in [9.17, 15) is 10.2 Å². The van der Waals surface area contributed by atoms with Crippen LogP contribution in [0.5, 0.6) is 0 Å². The van der Waals surface area contributed by atoms with Gasteiger partial charge >= 0.3 is 0 Å². The van der Waals surface area contributed by atoms with Gasteiger partial charge in [-0.2, -0.15) is 0 Å². The predicted molar refractivity (Wildman–Crippen MR) is 93.4 cm³/mol. The molecule has 0 aliphatic heterocycles. The van der Waals surface area contributed by atoms with Crippen molar-refractivity contribution in [2.75, 3.05) is 0 Å². The molecule has 2 aromatic carbocycles. The molecule has 2 aromatic rings. The Bertz CT molecular complexity index is 554. The van der Waals surface area contributed by atoms with Crippen molar-refractivity contribution in [1.29, 1.82) is 0 Å². The number of hydrogen-bond acceptors (Lipinski definition) is 2. The van der Waals surface area contributed by atoms with Crippen molar-refractivity contribution in [1.82, 2.24) is 0 Å². The third-order valence-corrected chi connectivity index (χ3v) is 5.27. The summed E-state index contributed by atoms with van der Waals surface area (Å²) in [5, 5.41) is 21.8. The summed E-state index contributed by atoms with van der Waals surface area (Å²) in [6.45, 7) is 0. The molecule has 2 atom stereocenters. The molecule has 2 unspecified atom stereocenters. The molecule has 1 saturated carbocycles. The van der Waals surface area contributed by atoms with Gasteiger partial charge in [0.15, 0.2) is 0 Å². The maximum atomic E-state index is 11.2. The summed E-state index contributed by atoms with van der Waals surface area (Å²) in [5.41, 5.74) is 1.66. The summed E-state index contributed by atoms with van der Waals surface area (Å²) < 4.78 is 0. The second-order valence-electron chi connectivity index (χ2n) is 6.67. The summed E-state index contributed by atoms with van der Waals surface area (Å²) in [5.74, 6) is 0. The van der Waals surface area contributed by atoms with Crippen LogP contribution in [0.3, 0.4) is 0 Å². The predicted octanol–water partition coefficient (Wildman–Crippen LogP) is 4.05. The van der Waals surface area contributed by atoms with Crippen LogP contribution in [0.2, 0.25) is 0 Å². The Morgan fingerprint density at radius 3 is 1.78 bits per heavy atom. The van der Waals surface area contributed by atoms with E-state index in [4.69, 9.17) is 0 Å². The van der Waals surface area contributed by atoms with E-state index in [0.717, 1.165) is 43.2 Å². The number of aliphatic hydroxyl groups excluding tert-OH is 2. The Morgan fingerprint density at radius 1 is 0.696 bits per heavy atom. The second kappa shape index (κ2) is 7.29. The van der Waals surface area contributed by atoms with Crippen LogP contribution >= 0.6 is 0 Å². The van der Waals surface area contributed by atoms with E-state index in [2.05, 4.69) is 24.3 Å². The van der Waals surface area contributed by atoms with E-state index in [1.54, 1.807) is 0 Å². The fourth-order valence-corrected chi connectivity index (χ4v) is 4.01. The summed E-state index contributed by atoms with van der Waals surface area (Å²) in [4.78, 5) is 0. The van der Waals surface area contributed by atoms with Crippen LogP contribution in [0.4, 0.5) is 0 Å². The Kier molecular flexibility index (Phi) is 5.14. The van der Waals surface area contributed by atoms with Gasteiger partial charge in [0.1, 0.15) is 0 Å². The van der Waals surface area contributed by atoms with E-state index in [1.165, 1.54) is 0 Å². The average Bonchev–Trinajstić information content (AvgIpc) is 2.68. The lowest BCUT2D eigenvalue weighted by Crippen LogP contribution is -2.47. The zero-order chi connectivity index (χ0) is 16.1. The fraction of sp³-hybridized carbons (Fsp3) is 0.429. The minimum atomic E-state index is -0.787. The lowest BCUT2D eigenvalue weighted by molar-refractivity contribution is -0.0261. The molecule has 0 amide bonds. The van der Waals surface area contributed by atoms with Crippen molar-refractivity contribution in [3.8, 4) is 0 Å². The van der Waals surface area contributed by atoms with Crippen LogP contribution in [0.15, 0.2) is 60.7 Å². The molecule has 0 bridgehead atoms. The van der Waals surface area contributed by atoms with Gasteiger partial charge in [-0.05, 0) is 24.0 Å². The van der Waals surface area contributed by atoms with Gasteiger partial charge in [0.25, 0.3) is 0 Å². The molecule has 2 nitrogen and oxygen atoms in total. The molecule has 23 heavy (non-hydrogen) atoms. The molecule has 0 radical (unpaired) electrons. The largest absolute Gasteiger partial charge is 0.390 e. The summed E-state index contributed by atoms with van der Waals surface area (Å²) >= 11 is 0. The van der Waals surface area contributed by atoms with Gasteiger partial charge in [-0.25, -0.2) is 0 Å². The normalized spacial score (nSPS) is 25.1. The van der Waals surface area contributed by atoms with Crippen LogP contribution in [0, 0.1) is 0 Å². The third-order valence-electron chi connectivity index (χ3n) is 5.27. The quantitative estimate of drug-likeness (QED) is 0.878. The highest BCUT2D eigenvalue weighted by atomic mass is 16.3. The van der Waals surface area contributed by atoms with Crippen molar-refractivity contribution < 1.29 is 10.2 Å². The van der Waals surface area contributed by atoms with Gasteiger partial charge in [0.2, 0.25) is 0 Å². The Balaban J connectivity index is 2.16. The molecule has 0 heterocycles. The number of hydrogen-bond donors (Lipinski definition) is 2. The van der Waals surface area contributed by atoms with Crippen LogP contribution in [0.25, 0.3) is 0 Å². The van der Waals surface area contributed by atoms with Crippen LogP contribution in [-0.2, 0) is 5.41 Å². The van der Waals surface area contributed by atoms with Crippen molar-refractivity contribution in [2.24, 2.45) is 0 Å². The average molecular weight is 310 g/mol. The van der Waals surface area contributed by atoms with E-state index >= 15 is 0 Å². The molecule has 3 rings (SSSR count). The Labute approximate surface area is 138 Å². The Morgan fingerprint density at radius 2 is 1.22 bits per heavy atom. The zero-order valence-electron chi connectivity index (χ0n) is 13.6. The molecule has 1 aliphatic carbocycles. The van der Waals surface area contributed by atoms with Crippen LogP contribution < -0.4 is 0 Å². The minimum absolute atomic E-state index is 0.535. The molecule has 0 saturated heterocycles. The van der Waals surface area contributed by atoms with E-state index in [-0.39, 0.29) is 0 Å². The van der Waals surface area contributed by atoms with Gasteiger partial charge in [0.05, 0.1) is 12.2 Å². The molecule has 2 heteroatoms. The molecular weight excluding hydrogens is 284 g/mol. The van der Waals surface area contributed by atoms with Gasteiger partial charge in [0, 0.05) is 5.41 Å². The lowest BCUT2D eigenvalue weighted by atomic mass is 9.66. The van der Waals surface area contributed by atoms with Gasteiger partial charge in [-0.3, -0.25) is 0 Å². The van der Waals surface area contributed by atoms with Gasteiger partial charge < -0.3 is 10.2 Å². The minimum Gasteiger partial charge on any atom is -0.390 e. The second-order valence-corrected chi connectivity index (χ2v) is 6.67. The third kappa shape index (κ3) is 3.19. The standard InChI is InChI=1S/C21H26O2/c22-19-15-9-1-2-10-16-21(20(19)23,17-11-5-3-6-12-17)18-13-7-4-8-14-18/h3-8,11-14,19-20,22-23H,1-2,9-10,15-16H2. The highest BCUT2D eigenvalue weighted by Gasteiger charge is 2.44. The first-order chi connectivity index (χ1) is 11.2. The monoisotopic (exact) mass is 310 g/mol. The number of benzene rings is 2. The number of rotatable bonds is 2. The molecular formula is C21H26O2. The summed E-state index contributed by atoms with van der Waals surface area (Å²) in [6.07, 6.45) is 4.39. The SMILES string of the molecule is OC1CCCCCCC(c2ccccc2)(c2ccccc2)C1O. The molecule has 122 valence electrons. The molecule has 1 fully saturated rings. The first-order valence-electron chi connectivity index (χ1n) is 8.72. The fourth-order valence-electron chi connectivity index (χ4n) is 4.01. The number of aliphatic hydroxyl groups is 2. The highest BCUT2D eigenvalue weighted by molar-refractivity contribution is 5.41. The van der Waals surface area contributed by atoms with Crippen LogP contribution in [0.1, 0.15) is 49.7 Å². The highest BCUT2D eigenvalue weighted by Crippen LogP contribution is 2.43. The summed E-state index contributed by atoms with van der Waals surface area (Å²) in [7, 11) is 0. The van der Waals surface area contributed by atoms with Gasteiger partial charge in [-0.15, -0.1) is 0 Å². The smallest absolute Gasteiger partial charge is 0.0935 e. The van der Waals surface area contributed by atoms with E-state index in [1.807, 2.05) is 36.4 Å².